The second-order valence-corrected chi connectivity index (χ2v) is 3.82. The fraction of sp³-hybridized carbons (Fsp3) is 0.273. The van der Waals surface area contributed by atoms with Gasteiger partial charge in [-0.1, -0.05) is 11.6 Å². The number of carbonyl (C=O) groups excluding carboxylic acids is 2. The molecule has 15 heavy (non-hydrogen) atoms. The van der Waals surface area contributed by atoms with Gasteiger partial charge < -0.3 is 0 Å². The summed E-state index contributed by atoms with van der Waals surface area (Å²) in [5, 5.41) is -0.0955. The zero-order valence-corrected chi connectivity index (χ0v) is 9.19. The highest BCUT2D eigenvalue weighted by Gasteiger charge is 2.16. The van der Waals surface area contributed by atoms with E-state index in [0.29, 0.717) is 5.56 Å². The van der Waals surface area contributed by atoms with E-state index in [4.69, 9.17) is 11.6 Å². The van der Waals surface area contributed by atoms with Crippen molar-refractivity contribution in [1.82, 2.24) is 0 Å². The first kappa shape index (κ1) is 11.9. The fourth-order valence-corrected chi connectivity index (χ4v) is 1.52. The van der Waals surface area contributed by atoms with Crippen molar-refractivity contribution in [3.05, 3.63) is 34.1 Å². The van der Waals surface area contributed by atoms with Gasteiger partial charge in [0.25, 0.3) is 0 Å². The summed E-state index contributed by atoms with van der Waals surface area (Å²) in [5.74, 6) is -1.59. The Morgan fingerprint density at radius 2 is 2.00 bits per heavy atom. The Morgan fingerprint density at radius 3 is 2.53 bits per heavy atom. The molecule has 0 aliphatic heterocycles. The van der Waals surface area contributed by atoms with E-state index in [2.05, 4.69) is 0 Å². The van der Waals surface area contributed by atoms with Gasteiger partial charge >= 0.3 is 0 Å². The molecule has 0 heterocycles. The van der Waals surface area contributed by atoms with Crippen LogP contribution in [0.4, 0.5) is 4.39 Å². The molecule has 4 heteroatoms. The van der Waals surface area contributed by atoms with Crippen LogP contribution in [0.5, 0.6) is 0 Å². The molecule has 0 unspecified atom stereocenters. The van der Waals surface area contributed by atoms with E-state index in [1.165, 1.54) is 19.1 Å². The highest BCUT2D eigenvalue weighted by molar-refractivity contribution is 6.31. The fourth-order valence-electron chi connectivity index (χ4n) is 1.25. The zero-order valence-electron chi connectivity index (χ0n) is 8.43. The summed E-state index contributed by atoms with van der Waals surface area (Å²) >= 11 is 5.59. The van der Waals surface area contributed by atoms with E-state index in [-0.39, 0.29) is 22.8 Å². The maximum absolute atomic E-state index is 13.4. The molecule has 1 rings (SSSR count). The average Bonchev–Trinajstić information content (AvgIpc) is 2.09. The number of hydrogen-bond donors (Lipinski definition) is 0. The third-order valence-corrected chi connectivity index (χ3v) is 2.16. The quantitative estimate of drug-likeness (QED) is 0.589. The molecule has 0 aromatic heterocycles. The third-order valence-electron chi connectivity index (χ3n) is 1.88. The summed E-state index contributed by atoms with van der Waals surface area (Å²) < 4.78 is 13.4. The van der Waals surface area contributed by atoms with Gasteiger partial charge in [0.15, 0.2) is 11.6 Å². The number of rotatable bonds is 3. The lowest BCUT2D eigenvalue weighted by Crippen LogP contribution is -2.08. The van der Waals surface area contributed by atoms with Gasteiger partial charge in [-0.3, -0.25) is 9.59 Å². The van der Waals surface area contributed by atoms with Gasteiger partial charge in [-0.15, -0.1) is 0 Å². The van der Waals surface area contributed by atoms with Crippen molar-refractivity contribution in [3.8, 4) is 0 Å². The molecule has 1 aromatic carbocycles. The topological polar surface area (TPSA) is 34.1 Å². The molecule has 0 N–H and O–H groups in total. The minimum atomic E-state index is -0.756. The summed E-state index contributed by atoms with van der Waals surface area (Å²) in [4.78, 5) is 22.2. The highest BCUT2D eigenvalue weighted by atomic mass is 35.5. The van der Waals surface area contributed by atoms with Crippen molar-refractivity contribution in [3.63, 3.8) is 0 Å². The molecule has 80 valence electrons. The van der Waals surface area contributed by atoms with Crippen LogP contribution in [0.2, 0.25) is 5.02 Å². The summed E-state index contributed by atoms with van der Waals surface area (Å²) in [7, 11) is 0. The van der Waals surface area contributed by atoms with Gasteiger partial charge in [0.1, 0.15) is 5.78 Å². The Bertz CT molecular complexity index is 427. The van der Waals surface area contributed by atoms with Crippen molar-refractivity contribution >= 4 is 23.2 Å². The molecule has 0 aliphatic rings. The maximum atomic E-state index is 13.4. The number of carbonyl (C=O) groups is 2. The second-order valence-electron chi connectivity index (χ2n) is 3.41. The summed E-state index contributed by atoms with van der Waals surface area (Å²) in [6, 6.07) is 2.83. The molecule has 0 atom stereocenters. The minimum Gasteiger partial charge on any atom is -0.300 e. The second kappa shape index (κ2) is 4.53. The van der Waals surface area contributed by atoms with E-state index in [9.17, 15) is 14.0 Å². The van der Waals surface area contributed by atoms with Gasteiger partial charge in [-0.05, 0) is 31.5 Å². The molecule has 0 radical (unpaired) electrons. The lowest BCUT2D eigenvalue weighted by atomic mass is 10.0. The Morgan fingerprint density at radius 1 is 1.40 bits per heavy atom. The van der Waals surface area contributed by atoms with E-state index < -0.39 is 11.6 Å². The molecule has 0 spiro atoms. The van der Waals surface area contributed by atoms with Crippen LogP contribution in [0.15, 0.2) is 12.1 Å². The van der Waals surface area contributed by atoms with Gasteiger partial charge in [-0.2, -0.15) is 0 Å². The van der Waals surface area contributed by atoms with Crippen molar-refractivity contribution in [2.75, 3.05) is 0 Å². The van der Waals surface area contributed by atoms with Crippen LogP contribution >= 0.6 is 11.6 Å². The standard InChI is InChI=1S/C11H10ClFO2/c1-6-3-8(10(15)5-7(2)14)11(13)9(12)4-6/h3-4H,5H2,1-2H3. The Kier molecular flexibility index (Phi) is 3.58. The first-order chi connectivity index (χ1) is 6.91. The summed E-state index contributed by atoms with van der Waals surface area (Å²) in [5.41, 5.74) is 0.573. The number of ketones is 2. The highest BCUT2D eigenvalue weighted by Crippen LogP contribution is 2.21. The molecule has 0 saturated carbocycles. The van der Waals surface area contributed by atoms with Crippen molar-refractivity contribution in [2.45, 2.75) is 20.3 Å². The summed E-state index contributed by atoms with van der Waals surface area (Å²) in [6.07, 6.45) is -0.295. The van der Waals surface area contributed by atoms with E-state index in [0.717, 1.165) is 0 Å². The minimum absolute atomic E-state index is 0.0955. The van der Waals surface area contributed by atoms with Gasteiger partial charge in [-0.25, -0.2) is 4.39 Å². The zero-order chi connectivity index (χ0) is 11.6. The molecular weight excluding hydrogens is 219 g/mol. The van der Waals surface area contributed by atoms with Crippen LogP contribution in [-0.2, 0) is 4.79 Å². The average molecular weight is 229 g/mol. The molecule has 0 amide bonds. The molecule has 0 saturated heterocycles. The smallest absolute Gasteiger partial charge is 0.173 e. The van der Waals surface area contributed by atoms with Gasteiger partial charge in [0.2, 0.25) is 0 Å². The lowest BCUT2D eigenvalue weighted by molar-refractivity contribution is -0.116. The maximum Gasteiger partial charge on any atom is 0.173 e. The van der Waals surface area contributed by atoms with Crippen LogP contribution in [-0.4, -0.2) is 11.6 Å². The lowest BCUT2D eigenvalue weighted by Gasteiger charge is -2.04. The van der Waals surface area contributed by atoms with Gasteiger partial charge in [0.05, 0.1) is 17.0 Å². The summed E-state index contributed by atoms with van der Waals surface area (Å²) in [6.45, 7) is 2.99. The van der Waals surface area contributed by atoms with Crippen LogP contribution in [0.3, 0.4) is 0 Å². The predicted octanol–water partition coefficient (Wildman–Crippen LogP) is 2.95. The third kappa shape index (κ3) is 2.86. The van der Waals surface area contributed by atoms with Crippen LogP contribution in [0.1, 0.15) is 29.3 Å². The molecule has 0 bridgehead atoms. The number of benzene rings is 1. The number of hydrogen-bond acceptors (Lipinski definition) is 2. The predicted molar refractivity (Wildman–Crippen MR) is 55.8 cm³/mol. The SMILES string of the molecule is CC(=O)CC(=O)c1cc(C)cc(Cl)c1F. The molecule has 0 fully saturated rings. The molecular formula is C11H10ClFO2. The molecule has 1 aromatic rings. The number of aryl methyl sites for hydroxylation is 1. The normalized spacial score (nSPS) is 10.1. The Labute approximate surface area is 92.0 Å². The monoisotopic (exact) mass is 228 g/mol. The van der Waals surface area contributed by atoms with Crippen LogP contribution in [0.25, 0.3) is 0 Å². The van der Waals surface area contributed by atoms with Crippen molar-refractivity contribution in [1.29, 1.82) is 0 Å². The van der Waals surface area contributed by atoms with E-state index >= 15 is 0 Å². The van der Waals surface area contributed by atoms with Crippen molar-refractivity contribution < 1.29 is 14.0 Å². The van der Waals surface area contributed by atoms with Gasteiger partial charge in [0, 0.05) is 0 Å². The first-order valence-electron chi connectivity index (χ1n) is 4.40. The first-order valence-corrected chi connectivity index (χ1v) is 4.78. The van der Waals surface area contributed by atoms with E-state index in [1.54, 1.807) is 6.92 Å². The van der Waals surface area contributed by atoms with Crippen LogP contribution in [0, 0.1) is 12.7 Å². The van der Waals surface area contributed by atoms with Crippen LogP contribution < -0.4 is 0 Å². The largest absolute Gasteiger partial charge is 0.300 e. The van der Waals surface area contributed by atoms with E-state index in [1.807, 2.05) is 0 Å². The molecule has 2 nitrogen and oxygen atoms in total. The Hall–Kier alpha value is -1.22. The number of halogens is 2. The molecule has 0 aliphatic carbocycles. The Balaban J connectivity index is 3.13. The van der Waals surface area contributed by atoms with Crippen molar-refractivity contribution in [2.24, 2.45) is 0 Å². The number of Topliss-reactive ketones (excluding diaryl/α,β-unsaturated/α-hetero) is 2.